The molecule has 3 aliphatic rings. The van der Waals surface area contributed by atoms with E-state index in [1.807, 2.05) is 4.90 Å². The molecule has 1 amide bonds. The second-order valence-electron chi connectivity index (χ2n) is 5.52. The van der Waals surface area contributed by atoms with Crippen molar-refractivity contribution >= 4 is 11.8 Å². The van der Waals surface area contributed by atoms with Crippen molar-refractivity contribution < 1.29 is 23.1 Å². The van der Waals surface area contributed by atoms with Crippen LogP contribution in [0.2, 0.25) is 0 Å². The van der Waals surface area contributed by atoms with Crippen molar-refractivity contribution in [2.24, 2.45) is 0 Å². The van der Waals surface area contributed by atoms with Gasteiger partial charge in [-0.1, -0.05) is 0 Å². The Hall–Kier alpha value is -1.92. The van der Waals surface area contributed by atoms with E-state index >= 15 is 0 Å². The average molecular weight is 300 g/mol. The summed E-state index contributed by atoms with van der Waals surface area (Å²) >= 11 is 0. The van der Waals surface area contributed by atoms with Gasteiger partial charge >= 0.3 is 12.3 Å². The van der Waals surface area contributed by atoms with E-state index < -0.39 is 17.8 Å². The van der Waals surface area contributed by atoms with Crippen LogP contribution in [-0.2, 0) is 6.18 Å². The van der Waals surface area contributed by atoms with Crippen LogP contribution in [0.4, 0.5) is 23.7 Å². The molecule has 3 fully saturated rings. The zero-order valence-electron chi connectivity index (χ0n) is 11.2. The number of piperazine rings is 1. The van der Waals surface area contributed by atoms with Gasteiger partial charge in [0.1, 0.15) is 0 Å². The Labute approximate surface area is 119 Å². The Morgan fingerprint density at radius 2 is 1.71 bits per heavy atom. The first-order chi connectivity index (χ1) is 9.86. The van der Waals surface area contributed by atoms with Crippen LogP contribution in [0.5, 0.6) is 0 Å². The van der Waals surface area contributed by atoms with E-state index in [0.29, 0.717) is 13.1 Å². The predicted octanol–water partition coefficient (Wildman–Crippen LogP) is 3.04. The Balaban J connectivity index is 1.79. The van der Waals surface area contributed by atoms with Gasteiger partial charge in [0.15, 0.2) is 0 Å². The van der Waals surface area contributed by atoms with Crippen LogP contribution >= 0.6 is 0 Å². The van der Waals surface area contributed by atoms with Gasteiger partial charge in [0, 0.05) is 24.8 Å². The van der Waals surface area contributed by atoms with Crippen LogP contribution in [0.1, 0.15) is 18.4 Å². The number of carbonyl (C=O) groups is 1. The average Bonchev–Trinajstić information content (AvgIpc) is 2.46. The molecule has 21 heavy (non-hydrogen) atoms. The third kappa shape index (κ3) is 2.52. The number of hydrogen-bond acceptors (Lipinski definition) is 2. The van der Waals surface area contributed by atoms with E-state index in [0.717, 1.165) is 30.7 Å². The molecule has 2 atom stereocenters. The maximum atomic E-state index is 12.6. The number of anilines is 1. The molecular formula is C14H15F3N2O2. The first-order valence-electron chi connectivity index (χ1n) is 6.80. The molecular weight excluding hydrogens is 285 g/mol. The Kier molecular flexibility index (Phi) is 3.22. The summed E-state index contributed by atoms with van der Waals surface area (Å²) in [7, 11) is 0. The van der Waals surface area contributed by atoms with E-state index in [4.69, 9.17) is 5.11 Å². The lowest BCUT2D eigenvalue weighted by atomic mass is 9.90. The standard InChI is InChI=1S/C14H15F3N2O2/c15-14(16,17)9-1-3-10(4-2-9)18-7-12-6-5-11(18)8-19(12)13(20)21/h1-4,11-12H,5-8H2,(H,20,21). The molecule has 4 rings (SSSR count). The number of halogens is 3. The van der Waals surface area contributed by atoms with Crippen LogP contribution in [0.3, 0.4) is 0 Å². The molecule has 0 radical (unpaired) electrons. The van der Waals surface area contributed by atoms with Crippen molar-refractivity contribution in [1.29, 1.82) is 0 Å². The fraction of sp³-hybridized carbons (Fsp3) is 0.500. The summed E-state index contributed by atoms with van der Waals surface area (Å²) in [6.07, 6.45) is -3.57. The lowest BCUT2D eigenvalue weighted by molar-refractivity contribution is -0.137. The number of piperidine rings is 2. The van der Waals surface area contributed by atoms with Crippen LogP contribution in [-0.4, -0.2) is 41.3 Å². The number of fused-ring (bicyclic) bond motifs is 3. The molecule has 3 aliphatic heterocycles. The highest BCUT2D eigenvalue weighted by molar-refractivity contribution is 5.67. The summed E-state index contributed by atoms with van der Waals surface area (Å²) in [6.45, 7) is 0.962. The van der Waals surface area contributed by atoms with Gasteiger partial charge in [-0.25, -0.2) is 4.79 Å². The molecule has 4 nitrogen and oxygen atoms in total. The summed E-state index contributed by atoms with van der Waals surface area (Å²) < 4.78 is 37.7. The largest absolute Gasteiger partial charge is 0.465 e. The van der Waals surface area contributed by atoms with Crippen LogP contribution in [0.25, 0.3) is 0 Å². The minimum Gasteiger partial charge on any atom is -0.465 e. The number of rotatable bonds is 1. The van der Waals surface area contributed by atoms with E-state index in [1.165, 1.54) is 17.0 Å². The summed E-state index contributed by atoms with van der Waals surface area (Å²) in [5.74, 6) is 0. The van der Waals surface area contributed by atoms with Crippen molar-refractivity contribution in [3.63, 3.8) is 0 Å². The summed E-state index contributed by atoms with van der Waals surface area (Å²) in [5.41, 5.74) is 0.0586. The maximum Gasteiger partial charge on any atom is 0.416 e. The fourth-order valence-electron chi connectivity index (χ4n) is 3.22. The summed E-state index contributed by atoms with van der Waals surface area (Å²) in [4.78, 5) is 14.6. The third-order valence-electron chi connectivity index (χ3n) is 4.30. The van der Waals surface area contributed by atoms with Crippen LogP contribution in [0, 0.1) is 0 Å². The van der Waals surface area contributed by atoms with Crippen molar-refractivity contribution in [2.45, 2.75) is 31.1 Å². The number of amides is 1. The summed E-state index contributed by atoms with van der Waals surface area (Å²) in [6, 6.07) is 5.06. The van der Waals surface area contributed by atoms with E-state index in [1.54, 1.807) is 0 Å². The minimum absolute atomic E-state index is 0.0443. The molecule has 2 unspecified atom stereocenters. The Bertz CT molecular complexity index is 544. The van der Waals surface area contributed by atoms with Gasteiger partial charge in [0.2, 0.25) is 0 Å². The monoisotopic (exact) mass is 300 g/mol. The molecule has 0 aliphatic carbocycles. The van der Waals surface area contributed by atoms with E-state index in [-0.39, 0.29) is 12.1 Å². The Morgan fingerprint density at radius 3 is 2.19 bits per heavy atom. The quantitative estimate of drug-likeness (QED) is 0.867. The van der Waals surface area contributed by atoms with Gasteiger partial charge in [-0.2, -0.15) is 13.2 Å². The molecule has 1 aromatic carbocycles. The second kappa shape index (κ2) is 4.82. The van der Waals surface area contributed by atoms with Crippen LogP contribution < -0.4 is 4.90 Å². The van der Waals surface area contributed by atoms with Crippen molar-refractivity contribution in [2.75, 3.05) is 18.0 Å². The van der Waals surface area contributed by atoms with Gasteiger partial charge in [0.25, 0.3) is 0 Å². The number of hydrogen-bond donors (Lipinski definition) is 1. The lowest BCUT2D eigenvalue weighted by Gasteiger charge is -2.51. The third-order valence-corrected chi connectivity index (χ3v) is 4.30. The zero-order valence-corrected chi connectivity index (χ0v) is 11.2. The number of alkyl halides is 3. The van der Waals surface area contributed by atoms with Gasteiger partial charge < -0.3 is 14.9 Å². The fourth-order valence-corrected chi connectivity index (χ4v) is 3.22. The first-order valence-corrected chi connectivity index (χ1v) is 6.80. The highest BCUT2D eigenvalue weighted by Gasteiger charge is 2.41. The lowest BCUT2D eigenvalue weighted by Crippen LogP contribution is -2.63. The molecule has 2 bridgehead atoms. The normalized spacial score (nSPS) is 25.3. The summed E-state index contributed by atoms with van der Waals surface area (Å²) in [5, 5.41) is 9.13. The molecule has 0 spiro atoms. The molecule has 0 saturated carbocycles. The molecule has 0 aromatic heterocycles. The zero-order chi connectivity index (χ0) is 15.2. The number of carboxylic acid groups (broad SMARTS) is 1. The molecule has 7 heteroatoms. The first kappa shape index (κ1) is 14.0. The molecule has 3 saturated heterocycles. The van der Waals surface area contributed by atoms with Gasteiger partial charge in [0.05, 0.1) is 11.6 Å². The molecule has 1 aromatic rings. The molecule has 1 N–H and O–H groups in total. The van der Waals surface area contributed by atoms with E-state index in [9.17, 15) is 18.0 Å². The highest BCUT2D eigenvalue weighted by Crippen LogP contribution is 2.35. The molecule has 114 valence electrons. The smallest absolute Gasteiger partial charge is 0.416 e. The minimum atomic E-state index is -4.33. The van der Waals surface area contributed by atoms with Gasteiger partial charge in [-0.3, -0.25) is 0 Å². The molecule has 3 heterocycles. The maximum absolute atomic E-state index is 12.6. The number of benzene rings is 1. The van der Waals surface area contributed by atoms with Crippen LogP contribution in [0.15, 0.2) is 24.3 Å². The predicted molar refractivity (Wildman–Crippen MR) is 70.3 cm³/mol. The van der Waals surface area contributed by atoms with Gasteiger partial charge in [-0.15, -0.1) is 0 Å². The topological polar surface area (TPSA) is 43.8 Å². The van der Waals surface area contributed by atoms with Crippen molar-refractivity contribution in [1.82, 2.24) is 4.90 Å². The highest BCUT2D eigenvalue weighted by atomic mass is 19.4. The van der Waals surface area contributed by atoms with E-state index in [2.05, 4.69) is 0 Å². The van der Waals surface area contributed by atoms with Crippen molar-refractivity contribution in [3.8, 4) is 0 Å². The number of nitrogens with zero attached hydrogens (tertiary/aromatic N) is 2. The Morgan fingerprint density at radius 1 is 1.10 bits per heavy atom. The van der Waals surface area contributed by atoms with Crippen molar-refractivity contribution in [3.05, 3.63) is 29.8 Å². The van der Waals surface area contributed by atoms with Gasteiger partial charge in [-0.05, 0) is 37.1 Å². The second-order valence-corrected chi connectivity index (χ2v) is 5.52. The SMILES string of the molecule is O=C(O)N1CC2CCC1CN2c1ccc(C(F)(F)F)cc1.